The lowest BCUT2D eigenvalue weighted by Crippen LogP contribution is -2.34. The first-order valence-electron chi connectivity index (χ1n) is 8.32. The van der Waals surface area contributed by atoms with Crippen LogP contribution in [0.5, 0.6) is 0 Å². The molecule has 0 aromatic carbocycles. The minimum atomic E-state index is -0.0267. The van der Waals surface area contributed by atoms with Crippen molar-refractivity contribution in [3.8, 4) is 10.4 Å². The first-order valence-corrected chi connectivity index (χ1v) is 9.20. The number of H-pyrrole nitrogens is 1. The molecular formula is C20H26N2OS. The summed E-state index contributed by atoms with van der Waals surface area (Å²) in [7, 11) is 0. The van der Waals surface area contributed by atoms with Gasteiger partial charge >= 0.3 is 0 Å². The van der Waals surface area contributed by atoms with Crippen LogP contribution in [-0.4, -0.2) is 11.2 Å². The Hall–Kier alpha value is -2.20. The third-order valence-corrected chi connectivity index (χ3v) is 4.15. The van der Waals surface area contributed by atoms with Gasteiger partial charge in [-0.25, -0.2) is 0 Å². The number of nitrogens with one attached hydrogen (secondary N) is 1. The lowest BCUT2D eigenvalue weighted by atomic mass is 10.2. The van der Waals surface area contributed by atoms with Crippen molar-refractivity contribution in [1.82, 2.24) is 4.98 Å². The zero-order valence-electron chi connectivity index (χ0n) is 14.9. The van der Waals surface area contributed by atoms with Crippen LogP contribution in [0.2, 0.25) is 0 Å². The summed E-state index contributed by atoms with van der Waals surface area (Å²) < 4.78 is 0. The number of aliphatic imine (C=N–C) groups is 1. The molecule has 3 rings (SSSR count). The Morgan fingerprint density at radius 3 is 2.42 bits per heavy atom. The van der Waals surface area contributed by atoms with Crippen LogP contribution in [0.15, 0.2) is 45.6 Å². The number of allylic oxidation sites excluding steroid dienone is 1. The smallest absolute Gasteiger partial charge is 0.257 e. The Kier molecular flexibility index (Phi) is 9.39. The van der Waals surface area contributed by atoms with E-state index >= 15 is 0 Å². The molecule has 3 nitrogen and oxygen atoms in total. The molecule has 0 fully saturated rings. The largest absolute Gasteiger partial charge is 0.322 e. The van der Waals surface area contributed by atoms with Crippen molar-refractivity contribution in [2.45, 2.75) is 40.5 Å². The molecule has 1 aliphatic rings. The summed E-state index contributed by atoms with van der Waals surface area (Å²) in [6, 6.07) is 5.86. The van der Waals surface area contributed by atoms with E-state index in [9.17, 15) is 4.79 Å². The van der Waals surface area contributed by atoms with Crippen molar-refractivity contribution in [1.29, 1.82) is 0 Å². The zero-order chi connectivity index (χ0) is 17.8. The second-order valence-corrected chi connectivity index (χ2v) is 5.68. The van der Waals surface area contributed by atoms with Crippen LogP contribution in [0.3, 0.4) is 0 Å². The lowest BCUT2D eigenvalue weighted by Gasteiger charge is -1.97. The molecule has 0 amide bonds. The molecule has 128 valence electrons. The van der Waals surface area contributed by atoms with E-state index in [0.29, 0.717) is 0 Å². The molecule has 0 unspecified atom stereocenters. The summed E-state index contributed by atoms with van der Waals surface area (Å²) in [5.74, 6) is 0. The molecular weight excluding hydrogens is 316 g/mol. The second kappa shape index (κ2) is 11.4. The monoisotopic (exact) mass is 342 g/mol. The molecule has 2 aromatic heterocycles. The number of pyridine rings is 1. The van der Waals surface area contributed by atoms with Crippen LogP contribution in [0.4, 0.5) is 0 Å². The van der Waals surface area contributed by atoms with E-state index in [1.807, 2.05) is 75.8 Å². The summed E-state index contributed by atoms with van der Waals surface area (Å²) >= 11 is 1.58. The molecule has 0 bridgehead atoms. The number of rotatable bonds is 1. The number of aromatic amines is 1. The van der Waals surface area contributed by atoms with Crippen molar-refractivity contribution < 1.29 is 0 Å². The Morgan fingerprint density at radius 1 is 1.21 bits per heavy atom. The van der Waals surface area contributed by atoms with Crippen LogP contribution in [0, 0.1) is 0 Å². The molecule has 0 aliphatic carbocycles. The van der Waals surface area contributed by atoms with Gasteiger partial charge in [0.05, 0.1) is 5.56 Å². The number of hydrogen-bond acceptors (Lipinski definition) is 3. The average molecular weight is 343 g/mol. The fourth-order valence-electron chi connectivity index (χ4n) is 2.09. The normalized spacial score (nSPS) is 13.8. The van der Waals surface area contributed by atoms with Crippen molar-refractivity contribution in [2.24, 2.45) is 4.99 Å². The second-order valence-electron chi connectivity index (χ2n) is 4.73. The Labute approximate surface area is 147 Å². The van der Waals surface area contributed by atoms with Crippen LogP contribution < -0.4 is 16.1 Å². The highest BCUT2D eigenvalue weighted by Gasteiger charge is 2.03. The van der Waals surface area contributed by atoms with Gasteiger partial charge in [-0.05, 0) is 49.4 Å². The quantitative estimate of drug-likeness (QED) is 0.833. The van der Waals surface area contributed by atoms with Gasteiger partial charge in [0.1, 0.15) is 0 Å². The predicted octanol–water partition coefficient (Wildman–Crippen LogP) is 4.10. The topological polar surface area (TPSA) is 45.2 Å². The zero-order valence-corrected chi connectivity index (χ0v) is 15.7. The van der Waals surface area contributed by atoms with E-state index < -0.39 is 0 Å². The molecule has 0 atom stereocenters. The van der Waals surface area contributed by atoms with Gasteiger partial charge in [-0.15, -0.1) is 11.3 Å². The van der Waals surface area contributed by atoms with E-state index in [0.717, 1.165) is 27.4 Å². The average Bonchev–Trinajstić information content (AvgIpc) is 3.19. The summed E-state index contributed by atoms with van der Waals surface area (Å²) in [6.07, 6.45) is 12.0. The van der Waals surface area contributed by atoms with Crippen LogP contribution in [-0.2, 0) is 0 Å². The summed E-state index contributed by atoms with van der Waals surface area (Å²) in [5.41, 5.74) is 0.717. The van der Waals surface area contributed by atoms with Crippen molar-refractivity contribution in [3.63, 3.8) is 0 Å². The molecule has 0 radical (unpaired) electrons. The third-order valence-electron chi connectivity index (χ3n) is 3.25. The highest BCUT2D eigenvalue weighted by Crippen LogP contribution is 2.19. The van der Waals surface area contributed by atoms with Gasteiger partial charge in [0.15, 0.2) is 0 Å². The predicted molar refractivity (Wildman–Crippen MR) is 108 cm³/mol. The SMILES string of the molecule is C/C=c1/cc(-c2cccs2)c(=O)[nH]/c1=C/C.C1=CN=CCC1.CC. The molecule has 0 saturated heterocycles. The van der Waals surface area contributed by atoms with E-state index in [1.54, 1.807) is 11.3 Å². The summed E-state index contributed by atoms with van der Waals surface area (Å²) in [5, 5.41) is 3.92. The van der Waals surface area contributed by atoms with Crippen molar-refractivity contribution >= 4 is 29.7 Å². The van der Waals surface area contributed by atoms with E-state index in [4.69, 9.17) is 0 Å². The number of aromatic nitrogens is 1. The third kappa shape index (κ3) is 5.78. The molecule has 1 N–H and O–H groups in total. The maximum absolute atomic E-state index is 11.9. The Bertz CT molecular complexity index is 816. The van der Waals surface area contributed by atoms with Crippen LogP contribution in [0.1, 0.15) is 40.5 Å². The minimum Gasteiger partial charge on any atom is -0.322 e. The number of thiophene rings is 1. The fourth-order valence-corrected chi connectivity index (χ4v) is 2.83. The van der Waals surface area contributed by atoms with Crippen molar-refractivity contribution in [2.75, 3.05) is 0 Å². The van der Waals surface area contributed by atoms with E-state index in [2.05, 4.69) is 16.1 Å². The maximum Gasteiger partial charge on any atom is 0.257 e. The number of nitrogens with zero attached hydrogens (tertiary/aromatic N) is 1. The summed E-state index contributed by atoms with van der Waals surface area (Å²) in [6.45, 7) is 7.89. The van der Waals surface area contributed by atoms with Gasteiger partial charge in [-0.1, -0.05) is 38.1 Å². The summed E-state index contributed by atoms with van der Waals surface area (Å²) in [4.78, 5) is 19.7. The van der Waals surface area contributed by atoms with Crippen LogP contribution in [0.25, 0.3) is 22.6 Å². The van der Waals surface area contributed by atoms with Gasteiger partial charge in [0, 0.05) is 22.6 Å². The van der Waals surface area contributed by atoms with Gasteiger partial charge in [-0.3, -0.25) is 9.79 Å². The lowest BCUT2D eigenvalue weighted by molar-refractivity contribution is 1.08. The van der Waals surface area contributed by atoms with Gasteiger partial charge < -0.3 is 4.98 Å². The van der Waals surface area contributed by atoms with E-state index in [-0.39, 0.29) is 5.56 Å². The Morgan fingerprint density at radius 2 is 2.00 bits per heavy atom. The van der Waals surface area contributed by atoms with Crippen LogP contribution >= 0.6 is 11.3 Å². The highest BCUT2D eigenvalue weighted by molar-refractivity contribution is 7.13. The molecule has 24 heavy (non-hydrogen) atoms. The number of hydrogen-bond donors (Lipinski definition) is 1. The molecule has 3 heterocycles. The van der Waals surface area contributed by atoms with Gasteiger partial charge in [0.2, 0.25) is 0 Å². The first-order chi connectivity index (χ1) is 11.8. The molecule has 2 aromatic rings. The molecule has 0 saturated carbocycles. The molecule has 4 heteroatoms. The fraction of sp³-hybridized carbons (Fsp3) is 0.300. The first kappa shape index (κ1) is 19.8. The Balaban J connectivity index is 0.000000300. The standard InChI is InChI=1S/C13H13NOS.C5H7N.C2H6/c1-3-9-8-10(12-6-5-7-16-12)13(15)14-11(9)4-2;1-2-4-6-5-3-1;1-2/h3-8H,1-2H3,(H,14,15);2,4-5H,1,3H2;1-2H3/b9-3-,11-4+;;. The molecule has 0 spiro atoms. The minimum absolute atomic E-state index is 0.0267. The van der Waals surface area contributed by atoms with Gasteiger partial charge in [-0.2, -0.15) is 0 Å². The van der Waals surface area contributed by atoms with E-state index in [1.165, 1.54) is 6.42 Å². The highest BCUT2D eigenvalue weighted by atomic mass is 32.1. The molecule has 1 aliphatic heterocycles. The maximum atomic E-state index is 11.9. The van der Waals surface area contributed by atoms with Gasteiger partial charge in [0.25, 0.3) is 5.56 Å². The van der Waals surface area contributed by atoms with Crippen molar-refractivity contribution in [3.05, 3.63) is 56.8 Å².